The van der Waals surface area contributed by atoms with E-state index in [2.05, 4.69) is 0 Å². The first-order valence-corrected chi connectivity index (χ1v) is 12.0. The fourth-order valence-corrected chi connectivity index (χ4v) is 4.22. The van der Waals surface area contributed by atoms with Crippen LogP contribution >= 0.6 is 0 Å². The van der Waals surface area contributed by atoms with Crippen LogP contribution < -0.4 is 13.8 Å². The monoisotopic (exact) mass is 470 g/mol. The molecule has 0 saturated heterocycles. The van der Waals surface area contributed by atoms with Crippen molar-refractivity contribution in [3.8, 4) is 11.5 Å². The Morgan fingerprint density at radius 1 is 1.00 bits per heavy atom. The molecule has 0 aliphatic rings. The highest BCUT2D eigenvalue weighted by atomic mass is 32.2. The number of hydrogen-bond donors (Lipinski definition) is 0. The summed E-state index contributed by atoms with van der Waals surface area (Å²) in [5, 5.41) is 11.4. The lowest BCUT2D eigenvalue weighted by Crippen LogP contribution is -2.29. The Kier molecular flexibility index (Phi) is 7.23. The first-order valence-electron chi connectivity index (χ1n) is 10.2. The third kappa shape index (κ3) is 6.01. The summed E-state index contributed by atoms with van der Waals surface area (Å²) in [5.74, 6) is 0.765. The fraction of sp³-hybridized carbons (Fsp3) is 0.250. The maximum absolute atomic E-state index is 12.7. The summed E-state index contributed by atoms with van der Waals surface area (Å²) in [6, 6.07) is 16.9. The Morgan fingerprint density at radius 2 is 1.70 bits per heavy atom. The summed E-state index contributed by atoms with van der Waals surface area (Å²) < 4.78 is 37.7. The van der Waals surface area contributed by atoms with Crippen molar-refractivity contribution in [1.82, 2.24) is 0 Å². The highest BCUT2D eigenvalue weighted by Gasteiger charge is 2.24. The molecule has 0 radical (unpaired) electrons. The zero-order chi connectivity index (χ0) is 24.2. The number of nitrogens with zero attached hydrogens (tertiary/aromatic N) is 2. The lowest BCUT2D eigenvalue weighted by atomic mass is 10.1. The Balaban J connectivity index is 2.01. The molecule has 174 valence electrons. The van der Waals surface area contributed by atoms with Crippen LogP contribution in [0.5, 0.6) is 11.5 Å². The van der Waals surface area contributed by atoms with E-state index in [4.69, 9.17) is 9.47 Å². The minimum Gasteiger partial charge on any atom is -0.497 e. The molecule has 0 spiro atoms. The van der Waals surface area contributed by atoms with Crippen molar-refractivity contribution in [3.05, 3.63) is 93.0 Å². The minimum absolute atomic E-state index is 0.0282. The van der Waals surface area contributed by atoms with Crippen molar-refractivity contribution in [2.24, 2.45) is 0 Å². The van der Waals surface area contributed by atoms with Crippen molar-refractivity contribution in [1.29, 1.82) is 0 Å². The second kappa shape index (κ2) is 9.91. The first kappa shape index (κ1) is 24.1. The molecule has 0 atom stereocenters. The number of non-ortho nitro benzene ring substituents is 1. The quantitative estimate of drug-likeness (QED) is 0.330. The van der Waals surface area contributed by atoms with Crippen LogP contribution in [-0.2, 0) is 23.2 Å². The number of sulfonamides is 1. The smallest absolute Gasteiger partial charge is 0.273 e. The zero-order valence-electron chi connectivity index (χ0n) is 18.9. The molecule has 3 aromatic rings. The number of methoxy groups -OCH3 is 1. The molecule has 0 aliphatic carbocycles. The van der Waals surface area contributed by atoms with Gasteiger partial charge in [0.1, 0.15) is 12.4 Å². The van der Waals surface area contributed by atoms with Gasteiger partial charge in [-0.2, -0.15) is 0 Å². The molecule has 0 amide bonds. The summed E-state index contributed by atoms with van der Waals surface area (Å²) in [4.78, 5) is 10.8. The summed E-state index contributed by atoms with van der Waals surface area (Å²) in [6.07, 6.45) is 1.09. The van der Waals surface area contributed by atoms with Crippen molar-refractivity contribution in [2.45, 2.75) is 27.0 Å². The van der Waals surface area contributed by atoms with Crippen LogP contribution in [0.2, 0.25) is 0 Å². The fourth-order valence-electron chi connectivity index (χ4n) is 3.33. The van der Waals surface area contributed by atoms with Crippen LogP contribution in [0, 0.1) is 24.0 Å². The number of nitro benzene ring substituents is 1. The van der Waals surface area contributed by atoms with Crippen LogP contribution in [0.4, 0.5) is 11.4 Å². The van der Waals surface area contributed by atoms with E-state index in [0.29, 0.717) is 5.75 Å². The maximum atomic E-state index is 12.7. The van der Waals surface area contributed by atoms with Gasteiger partial charge in [0.15, 0.2) is 5.75 Å². The van der Waals surface area contributed by atoms with Crippen LogP contribution in [-0.4, -0.2) is 26.7 Å². The summed E-state index contributed by atoms with van der Waals surface area (Å²) in [6.45, 7) is 4.07. The number of rotatable bonds is 9. The standard InChI is InChI=1S/C24H26N2O6S/c1-17-5-6-18(2)20(13-17)16-32-24-14-21(26(27)28)9-12-23(24)25(33(4,29)30)15-19-7-10-22(31-3)11-8-19/h5-14H,15-16H2,1-4H3. The third-order valence-corrected chi connectivity index (χ3v) is 6.32. The molecule has 0 heterocycles. The summed E-state index contributed by atoms with van der Waals surface area (Å²) in [7, 11) is -2.18. The van der Waals surface area contributed by atoms with Crippen LogP contribution in [0.3, 0.4) is 0 Å². The number of hydrogen-bond acceptors (Lipinski definition) is 6. The Bertz CT molecular complexity index is 1260. The molecule has 0 fully saturated rings. The van der Waals surface area contributed by atoms with E-state index in [-0.39, 0.29) is 30.3 Å². The van der Waals surface area contributed by atoms with Gasteiger partial charge in [-0.05, 0) is 48.7 Å². The van der Waals surface area contributed by atoms with Crippen LogP contribution in [0.15, 0.2) is 60.7 Å². The van der Waals surface area contributed by atoms with E-state index >= 15 is 0 Å². The highest BCUT2D eigenvalue weighted by molar-refractivity contribution is 7.92. The van der Waals surface area contributed by atoms with Gasteiger partial charge in [-0.3, -0.25) is 14.4 Å². The first-order chi connectivity index (χ1) is 15.6. The van der Waals surface area contributed by atoms with E-state index in [1.165, 1.54) is 22.5 Å². The largest absolute Gasteiger partial charge is 0.497 e. The average Bonchev–Trinajstić information content (AvgIpc) is 2.77. The predicted octanol–water partition coefficient (Wildman–Crippen LogP) is 4.77. The number of nitro groups is 1. The number of anilines is 1. The highest BCUT2D eigenvalue weighted by Crippen LogP contribution is 2.35. The normalized spacial score (nSPS) is 11.2. The SMILES string of the molecule is COc1ccc(CN(c2ccc([N+](=O)[O-])cc2OCc2cc(C)ccc2C)S(C)(=O)=O)cc1. The Labute approximate surface area is 193 Å². The van der Waals surface area contributed by atoms with Gasteiger partial charge in [-0.1, -0.05) is 35.9 Å². The molecule has 0 saturated carbocycles. The second-order valence-corrected chi connectivity index (χ2v) is 9.65. The van der Waals surface area contributed by atoms with E-state index in [9.17, 15) is 18.5 Å². The zero-order valence-corrected chi connectivity index (χ0v) is 19.8. The van der Waals surface area contributed by atoms with Crippen LogP contribution in [0.25, 0.3) is 0 Å². The molecular weight excluding hydrogens is 444 g/mol. The maximum Gasteiger partial charge on any atom is 0.273 e. The average molecular weight is 471 g/mol. The molecule has 0 aliphatic heterocycles. The van der Waals surface area contributed by atoms with E-state index in [1.54, 1.807) is 31.4 Å². The van der Waals surface area contributed by atoms with Gasteiger partial charge in [0.25, 0.3) is 5.69 Å². The molecule has 33 heavy (non-hydrogen) atoms. The van der Waals surface area contributed by atoms with Gasteiger partial charge in [0.2, 0.25) is 10.0 Å². The lowest BCUT2D eigenvalue weighted by molar-refractivity contribution is -0.384. The van der Waals surface area contributed by atoms with Crippen LogP contribution in [0.1, 0.15) is 22.3 Å². The molecule has 0 N–H and O–H groups in total. The number of ether oxygens (including phenoxy) is 2. The Hall–Kier alpha value is -3.59. The topological polar surface area (TPSA) is 99.0 Å². The van der Waals surface area contributed by atoms with Crippen molar-refractivity contribution < 1.29 is 22.8 Å². The lowest BCUT2D eigenvalue weighted by Gasteiger charge is -2.25. The van der Waals surface area contributed by atoms with Gasteiger partial charge in [-0.25, -0.2) is 8.42 Å². The molecule has 0 bridgehead atoms. The van der Waals surface area contributed by atoms with Crippen molar-refractivity contribution in [2.75, 3.05) is 17.7 Å². The second-order valence-electron chi connectivity index (χ2n) is 7.75. The molecule has 3 aromatic carbocycles. The van der Waals surface area contributed by atoms with Gasteiger partial charge < -0.3 is 9.47 Å². The third-order valence-electron chi connectivity index (χ3n) is 5.20. The minimum atomic E-state index is -3.73. The summed E-state index contributed by atoms with van der Waals surface area (Å²) >= 11 is 0. The molecule has 0 unspecified atom stereocenters. The van der Waals surface area contributed by atoms with Crippen molar-refractivity contribution in [3.63, 3.8) is 0 Å². The van der Waals surface area contributed by atoms with Gasteiger partial charge >= 0.3 is 0 Å². The Morgan fingerprint density at radius 3 is 2.30 bits per heavy atom. The molecule has 8 nitrogen and oxygen atoms in total. The summed E-state index contributed by atoms with van der Waals surface area (Å²) in [5.41, 5.74) is 3.73. The van der Waals surface area contributed by atoms with E-state index in [1.807, 2.05) is 32.0 Å². The van der Waals surface area contributed by atoms with Gasteiger partial charge in [0.05, 0.1) is 36.6 Å². The number of benzene rings is 3. The van der Waals surface area contributed by atoms with E-state index in [0.717, 1.165) is 28.5 Å². The molecule has 9 heteroatoms. The van der Waals surface area contributed by atoms with Crippen molar-refractivity contribution >= 4 is 21.4 Å². The molecular formula is C24H26N2O6S. The van der Waals surface area contributed by atoms with E-state index < -0.39 is 14.9 Å². The predicted molar refractivity (Wildman–Crippen MR) is 127 cm³/mol. The molecule has 0 aromatic heterocycles. The number of aryl methyl sites for hydroxylation is 2. The molecule has 3 rings (SSSR count). The van der Waals surface area contributed by atoms with Gasteiger partial charge in [-0.15, -0.1) is 0 Å². The van der Waals surface area contributed by atoms with Gasteiger partial charge in [0, 0.05) is 6.07 Å².